The first-order chi connectivity index (χ1) is 11.9. The molecule has 1 aliphatic heterocycles. The Bertz CT molecular complexity index is 770. The van der Waals surface area contributed by atoms with Gasteiger partial charge in [0.15, 0.2) is 0 Å². The largest absolute Gasteiger partial charge is 0.312 e. The second-order valence-corrected chi connectivity index (χ2v) is 7.89. The Balaban J connectivity index is 1.62. The summed E-state index contributed by atoms with van der Waals surface area (Å²) in [5.74, 6) is -0.0738. The SMILES string of the molecule is Cc1ccc(N2CC(C(=O)Nc3nnc(CC(C)C)s3)CC2=O)cc1. The van der Waals surface area contributed by atoms with Crippen molar-refractivity contribution in [2.75, 3.05) is 16.8 Å². The van der Waals surface area contributed by atoms with Gasteiger partial charge in [-0.05, 0) is 25.0 Å². The maximum Gasteiger partial charge on any atom is 0.231 e. The van der Waals surface area contributed by atoms with Gasteiger partial charge in [-0.1, -0.05) is 42.9 Å². The molecule has 0 spiro atoms. The number of hydrogen-bond acceptors (Lipinski definition) is 5. The van der Waals surface area contributed by atoms with Crippen molar-refractivity contribution in [3.63, 3.8) is 0 Å². The first-order valence-corrected chi connectivity index (χ1v) is 9.24. The van der Waals surface area contributed by atoms with Gasteiger partial charge in [0, 0.05) is 25.1 Å². The Kier molecular flexibility index (Phi) is 5.13. The average molecular weight is 358 g/mol. The van der Waals surface area contributed by atoms with Crippen molar-refractivity contribution in [2.45, 2.75) is 33.6 Å². The van der Waals surface area contributed by atoms with Crippen LogP contribution in [0.4, 0.5) is 10.8 Å². The van der Waals surface area contributed by atoms with Gasteiger partial charge in [0.25, 0.3) is 0 Å². The van der Waals surface area contributed by atoms with E-state index in [1.807, 2.05) is 31.2 Å². The molecule has 25 heavy (non-hydrogen) atoms. The molecule has 2 aromatic rings. The number of amides is 2. The van der Waals surface area contributed by atoms with Gasteiger partial charge < -0.3 is 10.2 Å². The van der Waals surface area contributed by atoms with E-state index in [4.69, 9.17) is 0 Å². The third kappa shape index (κ3) is 4.22. The molecule has 2 amide bonds. The molecule has 7 heteroatoms. The highest BCUT2D eigenvalue weighted by molar-refractivity contribution is 7.15. The summed E-state index contributed by atoms with van der Waals surface area (Å²) in [6, 6.07) is 7.76. The molecule has 1 aromatic carbocycles. The van der Waals surface area contributed by atoms with E-state index < -0.39 is 0 Å². The summed E-state index contributed by atoms with van der Waals surface area (Å²) in [7, 11) is 0. The average Bonchev–Trinajstić information content (AvgIpc) is 3.14. The van der Waals surface area contributed by atoms with Crippen molar-refractivity contribution in [3.05, 3.63) is 34.8 Å². The number of aromatic nitrogens is 2. The highest BCUT2D eigenvalue weighted by Crippen LogP contribution is 2.27. The van der Waals surface area contributed by atoms with Crippen LogP contribution < -0.4 is 10.2 Å². The third-order valence-electron chi connectivity index (χ3n) is 4.12. The summed E-state index contributed by atoms with van der Waals surface area (Å²) in [6.45, 7) is 6.62. The number of nitrogens with one attached hydrogen (secondary N) is 1. The summed E-state index contributed by atoms with van der Waals surface area (Å²) < 4.78 is 0. The van der Waals surface area contributed by atoms with E-state index in [1.54, 1.807) is 4.90 Å². The molecule has 1 aromatic heterocycles. The Hall–Kier alpha value is -2.28. The molecule has 1 unspecified atom stereocenters. The summed E-state index contributed by atoms with van der Waals surface area (Å²) in [5, 5.41) is 12.3. The third-order valence-corrected chi connectivity index (χ3v) is 4.98. The summed E-state index contributed by atoms with van der Waals surface area (Å²) in [4.78, 5) is 26.4. The fourth-order valence-corrected chi connectivity index (χ4v) is 3.76. The predicted molar refractivity (Wildman–Crippen MR) is 98.7 cm³/mol. The Morgan fingerprint density at radius 1 is 1.32 bits per heavy atom. The Morgan fingerprint density at radius 2 is 2.04 bits per heavy atom. The molecule has 0 aliphatic carbocycles. The lowest BCUT2D eigenvalue weighted by molar-refractivity contribution is -0.122. The van der Waals surface area contributed by atoms with Gasteiger partial charge in [0.05, 0.1) is 5.92 Å². The Morgan fingerprint density at radius 3 is 2.72 bits per heavy atom. The number of carbonyl (C=O) groups excluding carboxylic acids is 2. The number of anilines is 2. The van der Waals surface area contributed by atoms with Crippen LogP contribution in [0.3, 0.4) is 0 Å². The van der Waals surface area contributed by atoms with E-state index in [-0.39, 0.29) is 24.2 Å². The predicted octanol–water partition coefficient (Wildman–Crippen LogP) is 3.04. The van der Waals surface area contributed by atoms with Crippen molar-refractivity contribution < 1.29 is 9.59 Å². The van der Waals surface area contributed by atoms with E-state index in [0.717, 1.165) is 22.7 Å². The van der Waals surface area contributed by atoms with E-state index in [0.29, 0.717) is 17.6 Å². The summed E-state index contributed by atoms with van der Waals surface area (Å²) >= 11 is 1.40. The molecule has 1 aliphatic rings. The van der Waals surface area contributed by atoms with Crippen LogP contribution in [0.15, 0.2) is 24.3 Å². The first kappa shape index (κ1) is 17.5. The molecule has 6 nitrogen and oxygen atoms in total. The fourth-order valence-electron chi connectivity index (χ4n) is 2.80. The fraction of sp³-hybridized carbons (Fsp3) is 0.444. The van der Waals surface area contributed by atoms with E-state index in [1.165, 1.54) is 11.3 Å². The maximum atomic E-state index is 12.5. The van der Waals surface area contributed by atoms with Crippen LogP contribution in [0.25, 0.3) is 0 Å². The van der Waals surface area contributed by atoms with Crippen molar-refractivity contribution in [1.29, 1.82) is 0 Å². The summed E-state index contributed by atoms with van der Waals surface area (Å²) in [6.07, 6.45) is 1.06. The molecular weight excluding hydrogens is 336 g/mol. The van der Waals surface area contributed by atoms with Crippen molar-refractivity contribution in [2.24, 2.45) is 11.8 Å². The van der Waals surface area contributed by atoms with Crippen molar-refractivity contribution in [3.8, 4) is 0 Å². The van der Waals surface area contributed by atoms with Crippen LogP contribution in [0.1, 0.15) is 30.8 Å². The molecule has 1 saturated heterocycles. The topological polar surface area (TPSA) is 75.2 Å². The lowest BCUT2D eigenvalue weighted by atomic mass is 10.1. The number of carbonyl (C=O) groups is 2. The van der Waals surface area contributed by atoms with Crippen LogP contribution in [0.2, 0.25) is 0 Å². The number of benzene rings is 1. The second kappa shape index (κ2) is 7.31. The standard InChI is InChI=1S/C18H22N4O2S/c1-11(2)8-15-20-21-18(25-15)19-17(24)13-9-16(23)22(10-13)14-6-4-12(3)5-7-14/h4-7,11,13H,8-10H2,1-3H3,(H,19,21,24). The molecule has 1 fully saturated rings. The minimum Gasteiger partial charge on any atom is -0.312 e. The molecule has 0 bridgehead atoms. The first-order valence-electron chi connectivity index (χ1n) is 8.42. The zero-order valence-corrected chi connectivity index (χ0v) is 15.5. The molecule has 0 radical (unpaired) electrons. The quantitative estimate of drug-likeness (QED) is 0.891. The van der Waals surface area contributed by atoms with Crippen molar-refractivity contribution >= 4 is 34.0 Å². The Labute approximate surface area is 151 Å². The van der Waals surface area contributed by atoms with Gasteiger partial charge in [0.1, 0.15) is 5.01 Å². The van der Waals surface area contributed by atoms with Crippen LogP contribution in [-0.4, -0.2) is 28.6 Å². The van der Waals surface area contributed by atoms with Crippen LogP contribution in [-0.2, 0) is 16.0 Å². The molecular formula is C18H22N4O2S. The maximum absolute atomic E-state index is 12.5. The molecule has 1 N–H and O–H groups in total. The lowest BCUT2D eigenvalue weighted by Crippen LogP contribution is -2.28. The number of aryl methyl sites for hydroxylation is 1. The van der Waals surface area contributed by atoms with E-state index >= 15 is 0 Å². The van der Waals surface area contributed by atoms with Gasteiger partial charge in [-0.25, -0.2) is 0 Å². The van der Waals surface area contributed by atoms with Gasteiger partial charge in [-0.2, -0.15) is 0 Å². The van der Waals surface area contributed by atoms with Crippen LogP contribution in [0.5, 0.6) is 0 Å². The van der Waals surface area contributed by atoms with E-state index in [2.05, 4.69) is 29.4 Å². The van der Waals surface area contributed by atoms with Gasteiger partial charge in [-0.3, -0.25) is 9.59 Å². The van der Waals surface area contributed by atoms with Gasteiger partial charge in [0.2, 0.25) is 16.9 Å². The highest BCUT2D eigenvalue weighted by atomic mass is 32.1. The van der Waals surface area contributed by atoms with Gasteiger partial charge >= 0.3 is 0 Å². The van der Waals surface area contributed by atoms with Crippen molar-refractivity contribution in [1.82, 2.24) is 10.2 Å². The summed E-state index contributed by atoms with van der Waals surface area (Å²) in [5.41, 5.74) is 1.97. The zero-order valence-electron chi connectivity index (χ0n) is 14.7. The van der Waals surface area contributed by atoms with E-state index in [9.17, 15) is 9.59 Å². The minimum atomic E-state index is -0.369. The number of nitrogens with zero attached hydrogens (tertiary/aromatic N) is 3. The lowest BCUT2D eigenvalue weighted by Gasteiger charge is -2.16. The molecule has 3 rings (SSSR count). The molecule has 1 atom stereocenters. The smallest absolute Gasteiger partial charge is 0.231 e. The number of rotatable bonds is 5. The zero-order chi connectivity index (χ0) is 18.0. The van der Waals surface area contributed by atoms with Crippen LogP contribution in [0, 0.1) is 18.8 Å². The minimum absolute atomic E-state index is 0.0261. The normalized spacial score (nSPS) is 17.4. The second-order valence-electron chi connectivity index (χ2n) is 6.83. The van der Waals surface area contributed by atoms with Crippen LogP contribution >= 0.6 is 11.3 Å². The highest BCUT2D eigenvalue weighted by Gasteiger charge is 2.35. The molecule has 132 valence electrons. The van der Waals surface area contributed by atoms with Gasteiger partial charge in [-0.15, -0.1) is 10.2 Å². The molecule has 2 heterocycles. The number of hydrogen-bond donors (Lipinski definition) is 1. The molecule has 0 saturated carbocycles. The monoisotopic (exact) mass is 358 g/mol.